The third-order valence-electron chi connectivity index (χ3n) is 11.9. The molecule has 0 fully saturated rings. The van der Waals surface area contributed by atoms with Gasteiger partial charge >= 0.3 is 0 Å². The number of fused-ring (bicyclic) bond motifs is 9. The van der Waals surface area contributed by atoms with E-state index >= 15 is 0 Å². The first-order valence-electron chi connectivity index (χ1n) is 19.6. The molecule has 1 aliphatic carbocycles. The summed E-state index contributed by atoms with van der Waals surface area (Å²) in [6.45, 7) is 4.66. The van der Waals surface area contributed by atoms with Crippen molar-refractivity contribution in [3.63, 3.8) is 0 Å². The molecule has 0 spiro atoms. The van der Waals surface area contributed by atoms with Crippen molar-refractivity contribution >= 4 is 32.3 Å². The summed E-state index contributed by atoms with van der Waals surface area (Å²) in [6, 6.07) is 67.4. The van der Waals surface area contributed by atoms with Crippen LogP contribution in [0.25, 0.3) is 99.9 Å². The Balaban J connectivity index is 1.05. The van der Waals surface area contributed by atoms with Crippen LogP contribution in [0.2, 0.25) is 0 Å². The van der Waals surface area contributed by atoms with E-state index in [2.05, 4.69) is 184 Å². The third kappa shape index (κ3) is 5.46. The van der Waals surface area contributed by atoms with Crippen LogP contribution in [0.3, 0.4) is 0 Å². The Kier molecular flexibility index (Phi) is 7.52. The second-order valence-electron chi connectivity index (χ2n) is 15.6. The molecule has 0 saturated heterocycles. The summed E-state index contributed by atoms with van der Waals surface area (Å²) in [4.78, 5) is 15.4. The van der Waals surface area contributed by atoms with Crippen LogP contribution in [0, 0.1) is 0 Å². The number of benzene rings is 9. The lowest BCUT2D eigenvalue weighted by Gasteiger charge is -2.22. The molecule has 3 nitrogen and oxygen atoms in total. The summed E-state index contributed by atoms with van der Waals surface area (Å²) in [6.07, 6.45) is 0. The van der Waals surface area contributed by atoms with Gasteiger partial charge in [-0.1, -0.05) is 178 Å². The normalized spacial score (nSPS) is 12.9. The summed E-state index contributed by atoms with van der Waals surface area (Å²) in [7, 11) is 0. The van der Waals surface area contributed by atoms with Gasteiger partial charge in [0.2, 0.25) is 0 Å². The molecule has 268 valence electrons. The number of aromatic nitrogens is 3. The van der Waals surface area contributed by atoms with Gasteiger partial charge < -0.3 is 0 Å². The van der Waals surface area contributed by atoms with E-state index in [1.165, 1.54) is 71.3 Å². The Morgan fingerprint density at radius 3 is 1.42 bits per heavy atom. The minimum atomic E-state index is -0.0736. The number of hydrogen-bond acceptors (Lipinski definition) is 3. The summed E-state index contributed by atoms with van der Waals surface area (Å²) >= 11 is 0. The van der Waals surface area contributed by atoms with Gasteiger partial charge in [-0.15, -0.1) is 0 Å². The lowest BCUT2D eigenvalue weighted by molar-refractivity contribution is 0.660. The van der Waals surface area contributed by atoms with E-state index in [1.54, 1.807) is 0 Å². The highest BCUT2D eigenvalue weighted by Gasteiger charge is 2.35. The van der Waals surface area contributed by atoms with E-state index in [9.17, 15) is 0 Å². The van der Waals surface area contributed by atoms with Gasteiger partial charge in [0, 0.05) is 22.1 Å². The lowest BCUT2D eigenvalue weighted by Crippen LogP contribution is -2.14. The summed E-state index contributed by atoms with van der Waals surface area (Å²) in [5.74, 6) is 1.94. The fourth-order valence-electron chi connectivity index (χ4n) is 8.98. The van der Waals surface area contributed by atoms with Crippen LogP contribution in [0.4, 0.5) is 0 Å². The van der Waals surface area contributed by atoms with Crippen LogP contribution < -0.4 is 0 Å². The SMILES string of the molecule is CC1(C)c2ccccc2-c2ccc(-c3cccc(-c4nc(-c5ccccc5)nc(-c5ccc6c7ccc(-c8ccccc8)cc7c7ccccc7c6c5)n4)c3)cc21. The van der Waals surface area contributed by atoms with Crippen molar-refractivity contribution in [1.82, 2.24) is 15.0 Å². The monoisotopic (exact) mass is 727 g/mol. The van der Waals surface area contributed by atoms with E-state index in [1.807, 2.05) is 18.2 Å². The third-order valence-corrected chi connectivity index (χ3v) is 11.9. The molecule has 9 aromatic carbocycles. The maximum Gasteiger partial charge on any atom is 0.164 e. The summed E-state index contributed by atoms with van der Waals surface area (Å²) < 4.78 is 0. The molecule has 1 aromatic heterocycles. The first kappa shape index (κ1) is 33.1. The van der Waals surface area contributed by atoms with Gasteiger partial charge in [0.1, 0.15) is 0 Å². The second kappa shape index (κ2) is 12.9. The predicted molar refractivity (Wildman–Crippen MR) is 237 cm³/mol. The van der Waals surface area contributed by atoms with Gasteiger partial charge in [0.25, 0.3) is 0 Å². The second-order valence-corrected chi connectivity index (χ2v) is 15.6. The molecule has 0 N–H and O–H groups in total. The van der Waals surface area contributed by atoms with Crippen LogP contribution in [-0.2, 0) is 5.41 Å². The Hall–Kier alpha value is -7.23. The largest absolute Gasteiger partial charge is 0.208 e. The molecule has 0 unspecified atom stereocenters. The minimum absolute atomic E-state index is 0.0736. The highest BCUT2D eigenvalue weighted by atomic mass is 15.0. The number of rotatable bonds is 5. The highest BCUT2D eigenvalue weighted by molar-refractivity contribution is 6.26. The van der Waals surface area contributed by atoms with E-state index in [0.717, 1.165) is 22.3 Å². The van der Waals surface area contributed by atoms with Crippen molar-refractivity contribution < 1.29 is 0 Å². The average molecular weight is 728 g/mol. The molecule has 0 aliphatic heterocycles. The molecule has 0 amide bonds. The molecule has 1 aliphatic rings. The number of hydrogen-bond donors (Lipinski definition) is 0. The maximum atomic E-state index is 5.21. The zero-order valence-electron chi connectivity index (χ0n) is 31.7. The quantitative estimate of drug-likeness (QED) is 0.166. The van der Waals surface area contributed by atoms with E-state index in [4.69, 9.17) is 15.0 Å². The molecular formula is C54H37N3. The predicted octanol–water partition coefficient (Wildman–Crippen LogP) is 14.0. The molecule has 11 rings (SSSR count). The maximum absolute atomic E-state index is 5.21. The number of nitrogens with zero attached hydrogens (tertiary/aromatic N) is 3. The van der Waals surface area contributed by atoms with Gasteiger partial charge in [-0.05, 0) is 101 Å². The first-order chi connectivity index (χ1) is 28.0. The molecular weight excluding hydrogens is 691 g/mol. The molecule has 57 heavy (non-hydrogen) atoms. The zero-order valence-corrected chi connectivity index (χ0v) is 31.7. The standard InChI is InChI=1S/C54H37N3/c1-54(2)49-23-12-11-22-45(49)46-29-25-38(33-50(46)54)36-18-13-19-39(30-36)52-55-51(35-16-7-4-8-17-35)56-53(57-52)40-26-28-44-43-27-24-37(34-14-5-3-6-15-34)31-47(43)41-20-9-10-21-42(41)48(44)32-40/h3-33H,1-2H3. The van der Waals surface area contributed by atoms with Gasteiger partial charge in [0.15, 0.2) is 17.5 Å². The van der Waals surface area contributed by atoms with E-state index < -0.39 is 0 Å². The lowest BCUT2D eigenvalue weighted by atomic mass is 9.81. The van der Waals surface area contributed by atoms with Gasteiger partial charge in [-0.3, -0.25) is 0 Å². The smallest absolute Gasteiger partial charge is 0.164 e. The minimum Gasteiger partial charge on any atom is -0.208 e. The summed E-state index contributed by atoms with van der Waals surface area (Å²) in [5, 5.41) is 7.29. The van der Waals surface area contributed by atoms with Crippen molar-refractivity contribution in [3.8, 4) is 67.5 Å². The Morgan fingerprint density at radius 2 is 0.719 bits per heavy atom. The van der Waals surface area contributed by atoms with Crippen LogP contribution in [0.15, 0.2) is 188 Å². The zero-order chi connectivity index (χ0) is 38.1. The molecule has 3 heteroatoms. The van der Waals surface area contributed by atoms with Crippen molar-refractivity contribution in [2.75, 3.05) is 0 Å². The average Bonchev–Trinajstić information content (AvgIpc) is 3.51. The van der Waals surface area contributed by atoms with Crippen LogP contribution in [-0.4, -0.2) is 15.0 Å². The van der Waals surface area contributed by atoms with Gasteiger partial charge in [-0.2, -0.15) is 0 Å². The highest BCUT2D eigenvalue weighted by Crippen LogP contribution is 2.49. The van der Waals surface area contributed by atoms with Crippen LogP contribution in [0.1, 0.15) is 25.0 Å². The molecule has 0 saturated carbocycles. The van der Waals surface area contributed by atoms with Gasteiger partial charge in [-0.25, -0.2) is 15.0 Å². The van der Waals surface area contributed by atoms with Crippen molar-refractivity contribution in [2.45, 2.75) is 19.3 Å². The molecule has 0 atom stereocenters. The first-order valence-corrected chi connectivity index (χ1v) is 19.6. The Labute approximate surface area is 332 Å². The molecule has 10 aromatic rings. The van der Waals surface area contributed by atoms with E-state index in [0.29, 0.717) is 17.5 Å². The molecule has 1 heterocycles. The fourth-order valence-corrected chi connectivity index (χ4v) is 8.98. The summed E-state index contributed by atoms with van der Waals surface area (Å²) in [5.41, 5.74) is 12.9. The Morgan fingerprint density at radius 1 is 0.281 bits per heavy atom. The van der Waals surface area contributed by atoms with Gasteiger partial charge in [0.05, 0.1) is 0 Å². The molecule has 0 bridgehead atoms. The van der Waals surface area contributed by atoms with Crippen molar-refractivity contribution in [2.24, 2.45) is 0 Å². The van der Waals surface area contributed by atoms with E-state index in [-0.39, 0.29) is 5.41 Å². The van der Waals surface area contributed by atoms with Crippen LogP contribution >= 0.6 is 0 Å². The topological polar surface area (TPSA) is 38.7 Å². The van der Waals surface area contributed by atoms with Crippen LogP contribution in [0.5, 0.6) is 0 Å². The fraction of sp³-hybridized carbons (Fsp3) is 0.0556. The molecule has 0 radical (unpaired) electrons. The van der Waals surface area contributed by atoms with Crippen molar-refractivity contribution in [3.05, 3.63) is 199 Å². The van der Waals surface area contributed by atoms with Crippen molar-refractivity contribution in [1.29, 1.82) is 0 Å². The Bertz CT molecular complexity index is 3180.